The number of halogens is 1. The van der Waals surface area contributed by atoms with Crippen LogP contribution >= 0.6 is 22.6 Å². The molecule has 4 amide bonds. The number of nitrogens with one attached hydrogen (secondary N) is 3. The second-order valence-corrected chi connectivity index (χ2v) is 5.52. The van der Waals surface area contributed by atoms with Gasteiger partial charge in [0.25, 0.3) is 0 Å². The number of ether oxygens (including phenoxy) is 1. The predicted octanol–water partition coefficient (Wildman–Crippen LogP) is 1.52. The Morgan fingerprint density at radius 3 is 2.28 bits per heavy atom. The highest BCUT2D eigenvalue weighted by Gasteiger charge is 2.29. The summed E-state index contributed by atoms with van der Waals surface area (Å²) in [5, 5.41) is 12.6. The van der Waals surface area contributed by atoms with Crippen LogP contribution in [-0.4, -0.2) is 46.6 Å². The lowest BCUT2D eigenvalue weighted by atomic mass is 10.1. The number of nitrogens with zero attached hydrogens (tertiary/aromatic N) is 1. The van der Waals surface area contributed by atoms with Gasteiger partial charge >= 0.3 is 18.1 Å². The number of urea groups is 2. The lowest BCUT2D eigenvalue weighted by molar-refractivity contribution is 0.189. The second kappa shape index (κ2) is 7.39. The van der Waals surface area contributed by atoms with Gasteiger partial charge in [0.15, 0.2) is 0 Å². The van der Waals surface area contributed by atoms with Gasteiger partial charge in [-0.05, 0) is 20.8 Å². The molecule has 0 atom stereocenters. The van der Waals surface area contributed by atoms with Gasteiger partial charge < -0.3 is 15.4 Å². The van der Waals surface area contributed by atoms with Crippen LogP contribution in [0.25, 0.3) is 0 Å². The molecule has 104 valence electrons. The molecule has 0 fully saturated rings. The lowest BCUT2D eigenvalue weighted by Crippen LogP contribution is -2.55. The van der Waals surface area contributed by atoms with Crippen LogP contribution in [0, 0.1) is 5.41 Å². The summed E-state index contributed by atoms with van der Waals surface area (Å²) in [5.74, 6) is 0. The largest absolute Gasteiger partial charge is 0.468 e. The second-order valence-electron chi connectivity index (χ2n) is 4.45. The van der Waals surface area contributed by atoms with E-state index in [-0.39, 0.29) is 0 Å². The Hall–Kier alpha value is -1.06. The monoisotopic (exact) mass is 370 g/mol. The van der Waals surface area contributed by atoms with Crippen molar-refractivity contribution in [3.8, 4) is 0 Å². The standard InChI is InChI=1S/C10H19IN4O3/c1-10(2,3)14-9(17)15(7(12)18-4)8(16)13-6-5-11/h12H,5-6H2,1-4H3,(H,13,16)(H,14,17). The van der Waals surface area contributed by atoms with Crippen LogP contribution < -0.4 is 10.6 Å². The number of hydrogen-bond donors (Lipinski definition) is 3. The molecule has 0 saturated heterocycles. The van der Waals surface area contributed by atoms with E-state index in [9.17, 15) is 9.59 Å². The van der Waals surface area contributed by atoms with Crippen molar-refractivity contribution in [3.63, 3.8) is 0 Å². The summed E-state index contributed by atoms with van der Waals surface area (Å²) in [6.07, 6.45) is 0. The Labute approximate surface area is 120 Å². The number of carbonyl (C=O) groups excluding carboxylic acids is 2. The first kappa shape index (κ1) is 16.9. The summed E-state index contributed by atoms with van der Waals surface area (Å²) in [6.45, 7) is 5.75. The highest BCUT2D eigenvalue weighted by molar-refractivity contribution is 14.1. The average Bonchev–Trinajstić information content (AvgIpc) is 2.23. The molecule has 0 bridgehead atoms. The molecule has 0 aliphatic heterocycles. The van der Waals surface area contributed by atoms with Gasteiger partial charge in [-0.25, -0.2) is 9.59 Å². The summed E-state index contributed by atoms with van der Waals surface area (Å²) in [7, 11) is 1.23. The summed E-state index contributed by atoms with van der Waals surface area (Å²) in [6, 6.07) is -1.90. The van der Waals surface area contributed by atoms with E-state index < -0.39 is 23.6 Å². The van der Waals surface area contributed by atoms with Gasteiger partial charge in [-0.3, -0.25) is 5.41 Å². The lowest BCUT2D eigenvalue weighted by Gasteiger charge is -2.26. The van der Waals surface area contributed by atoms with Gasteiger partial charge in [-0.1, -0.05) is 22.6 Å². The Morgan fingerprint density at radius 2 is 1.89 bits per heavy atom. The first-order valence-electron chi connectivity index (χ1n) is 5.31. The van der Waals surface area contributed by atoms with Crippen LogP contribution in [0.3, 0.4) is 0 Å². The molecular formula is C10H19IN4O3. The quantitative estimate of drug-likeness (QED) is 0.298. The molecule has 8 heteroatoms. The summed E-state index contributed by atoms with van der Waals surface area (Å²) < 4.78 is 5.34. The number of amides is 4. The zero-order valence-electron chi connectivity index (χ0n) is 11.0. The van der Waals surface area contributed by atoms with Gasteiger partial charge in [-0.2, -0.15) is 4.90 Å². The summed E-state index contributed by atoms with van der Waals surface area (Å²) in [4.78, 5) is 24.3. The molecule has 0 unspecified atom stereocenters. The molecule has 0 aliphatic rings. The van der Waals surface area contributed by atoms with Crippen molar-refractivity contribution in [1.82, 2.24) is 15.5 Å². The Kier molecular flexibility index (Phi) is 6.96. The van der Waals surface area contributed by atoms with Gasteiger partial charge in [0.1, 0.15) is 0 Å². The van der Waals surface area contributed by atoms with E-state index >= 15 is 0 Å². The molecule has 0 aromatic carbocycles. The molecule has 0 aromatic rings. The third kappa shape index (κ3) is 6.03. The number of imide groups is 1. The van der Waals surface area contributed by atoms with Crippen molar-refractivity contribution in [2.24, 2.45) is 0 Å². The zero-order chi connectivity index (χ0) is 14.3. The van der Waals surface area contributed by atoms with E-state index in [2.05, 4.69) is 38.0 Å². The molecular weight excluding hydrogens is 351 g/mol. The Bertz CT molecular complexity index is 328. The van der Waals surface area contributed by atoms with Crippen molar-refractivity contribution in [1.29, 1.82) is 5.41 Å². The molecule has 7 nitrogen and oxygen atoms in total. The maximum absolute atomic E-state index is 11.9. The maximum atomic E-state index is 11.9. The zero-order valence-corrected chi connectivity index (χ0v) is 13.1. The van der Waals surface area contributed by atoms with E-state index in [4.69, 9.17) is 5.41 Å². The number of amidine groups is 1. The van der Waals surface area contributed by atoms with E-state index in [1.165, 1.54) is 7.11 Å². The van der Waals surface area contributed by atoms with Crippen molar-refractivity contribution >= 4 is 40.7 Å². The highest BCUT2D eigenvalue weighted by atomic mass is 127. The van der Waals surface area contributed by atoms with E-state index in [0.29, 0.717) is 15.9 Å². The number of carbonyl (C=O) groups is 2. The molecule has 0 aromatic heterocycles. The molecule has 0 aliphatic carbocycles. The number of alkyl halides is 1. The normalized spacial score (nSPS) is 10.5. The Balaban J connectivity index is 4.83. The number of rotatable bonds is 2. The third-order valence-electron chi connectivity index (χ3n) is 1.66. The molecule has 0 spiro atoms. The highest BCUT2D eigenvalue weighted by Crippen LogP contribution is 2.02. The van der Waals surface area contributed by atoms with Crippen LogP contribution in [-0.2, 0) is 4.74 Å². The fourth-order valence-electron chi connectivity index (χ4n) is 0.978. The first-order valence-corrected chi connectivity index (χ1v) is 6.84. The van der Waals surface area contributed by atoms with Crippen molar-refractivity contribution in [2.75, 3.05) is 18.1 Å². The van der Waals surface area contributed by atoms with Gasteiger partial charge in [-0.15, -0.1) is 0 Å². The maximum Gasteiger partial charge on any atom is 0.334 e. The van der Waals surface area contributed by atoms with Crippen molar-refractivity contribution in [2.45, 2.75) is 26.3 Å². The predicted molar refractivity (Wildman–Crippen MR) is 77.1 cm³/mol. The van der Waals surface area contributed by atoms with Crippen LogP contribution in [0.2, 0.25) is 0 Å². The number of methoxy groups -OCH3 is 1. The van der Waals surface area contributed by atoms with Crippen molar-refractivity contribution in [3.05, 3.63) is 0 Å². The average molecular weight is 370 g/mol. The SMILES string of the molecule is COC(=N)N(C(=O)NCCI)C(=O)NC(C)(C)C. The first-order chi connectivity index (χ1) is 8.22. The van der Waals surface area contributed by atoms with Gasteiger partial charge in [0.05, 0.1) is 7.11 Å². The molecule has 0 heterocycles. The van der Waals surface area contributed by atoms with Crippen LogP contribution in [0.1, 0.15) is 20.8 Å². The number of hydrogen-bond acceptors (Lipinski definition) is 4. The smallest absolute Gasteiger partial charge is 0.334 e. The van der Waals surface area contributed by atoms with E-state index in [1.807, 2.05) is 0 Å². The van der Waals surface area contributed by atoms with Crippen molar-refractivity contribution < 1.29 is 14.3 Å². The molecule has 0 rings (SSSR count). The third-order valence-corrected chi connectivity index (χ3v) is 2.19. The minimum Gasteiger partial charge on any atom is -0.468 e. The Morgan fingerprint density at radius 1 is 1.33 bits per heavy atom. The van der Waals surface area contributed by atoms with Gasteiger partial charge in [0, 0.05) is 16.5 Å². The topological polar surface area (TPSA) is 94.5 Å². The molecule has 0 saturated carbocycles. The van der Waals surface area contributed by atoms with Crippen LogP contribution in [0.5, 0.6) is 0 Å². The minimum atomic E-state index is -0.694. The molecule has 0 radical (unpaired) electrons. The van der Waals surface area contributed by atoms with Crippen LogP contribution in [0.15, 0.2) is 0 Å². The minimum absolute atomic E-state index is 0.412. The summed E-state index contributed by atoms with van der Waals surface area (Å²) in [5.41, 5.74) is -0.507. The molecule has 18 heavy (non-hydrogen) atoms. The van der Waals surface area contributed by atoms with Gasteiger partial charge in [0.2, 0.25) is 0 Å². The van der Waals surface area contributed by atoms with E-state index in [1.54, 1.807) is 20.8 Å². The van der Waals surface area contributed by atoms with E-state index in [0.717, 1.165) is 0 Å². The summed E-state index contributed by atoms with van der Waals surface area (Å²) >= 11 is 2.09. The van der Waals surface area contributed by atoms with Crippen LogP contribution in [0.4, 0.5) is 9.59 Å². The fourth-order valence-corrected chi connectivity index (χ4v) is 1.25. The molecule has 3 N–H and O–H groups in total. The fraction of sp³-hybridized carbons (Fsp3) is 0.700.